The lowest BCUT2D eigenvalue weighted by molar-refractivity contribution is 0.732. The standard InChI is InChI=1S/C61H51N3/c1-42-13-12-18-52(39-42)64-59-22-11-9-20-55(59)57-40-48(31-38-60(57)64)47-29-34-51(35-30-47)62(50-32-27-46(28-33-50)45-25-23-44(24-26-45)43-14-4-2-5-15-43)53-36-37-56-54-19-8-10-21-58(54)63(61(56)41-53)49-16-6-3-7-17-49/h3-4,6-10,12,14-21,23-25,27-42,45H,2,5,11,13,22,26H2,1H3. The predicted molar refractivity (Wildman–Crippen MR) is 272 cm³/mol. The van der Waals surface area contributed by atoms with E-state index in [4.69, 9.17) is 0 Å². The average molecular weight is 826 g/mol. The van der Waals surface area contributed by atoms with E-state index in [-0.39, 0.29) is 0 Å². The van der Waals surface area contributed by atoms with Crippen LogP contribution in [0.3, 0.4) is 0 Å². The lowest BCUT2D eigenvalue weighted by atomic mass is 9.87. The van der Waals surface area contributed by atoms with Gasteiger partial charge in [0, 0.05) is 61.8 Å². The SMILES string of the molecule is CC1C=C(n2c3c(c4cc(-c5ccc(N(c6ccc(C7C=CC(C8=CCCC=C8)=CC7)cc6)c6ccc7c8ccccc8n(-c8ccccc8)c7c6)cc5)ccc42)C=CCC3)C=CC1. The molecule has 0 amide bonds. The summed E-state index contributed by atoms with van der Waals surface area (Å²) >= 11 is 0. The number of hydrogen-bond acceptors (Lipinski definition) is 1. The molecule has 2 aromatic heterocycles. The quantitative estimate of drug-likeness (QED) is 0.149. The van der Waals surface area contributed by atoms with Crippen LogP contribution in [0, 0.1) is 5.92 Å². The zero-order valence-corrected chi connectivity index (χ0v) is 36.4. The van der Waals surface area contributed by atoms with Gasteiger partial charge in [-0.05, 0) is 145 Å². The topological polar surface area (TPSA) is 13.1 Å². The van der Waals surface area contributed by atoms with Crippen molar-refractivity contribution in [1.29, 1.82) is 0 Å². The molecular weight excluding hydrogens is 775 g/mol. The summed E-state index contributed by atoms with van der Waals surface area (Å²) < 4.78 is 4.93. The van der Waals surface area contributed by atoms with E-state index in [1.165, 1.54) is 77.5 Å². The number of aromatic nitrogens is 2. The van der Waals surface area contributed by atoms with Crippen LogP contribution in [-0.2, 0) is 6.42 Å². The van der Waals surface area contributed by atoms with Gasteiger partial charge in [0.1, 0.15) is 0 Å². The minimum atomic E-state index is 0.353. The molecule has 6 aromatic carbocycles. The van der Waals surface area contributed by atoms with Gasteiger partial charge in [-0.3, -0.25) is 0 Å². The molecule has 3 heteroatoms. The Hall–Kier alpha value is -7.36. The number of rotatable bonds is 8. The third-order valence-electron chi connectivity index (χ3n) is 13.8. The molecule has 0 saturated carbocycles. The van der Waals surface area contributed by atoms with E-state index in [0.29, 0.717) is 11.8 Å². The van der Waals surface area contributed by atoms with Gasteiger partial charge in [-0.1, -0.05) is 140 Å². The summed E-state index contributed by atoms with van der Waals surface area (Å²) in [6, 6.07) is 52.1. The van der Waals surface area contributed by atoms with E-state index in [2.05, 4.69) is 227 Å². The predicted octanol–water partition coefficient (Wildman–Crippen LogP) is 16.5. The highest BCUT2D eigenvalue weighted by Gasteiger charge is 2.22. The van der Waals surface area contributed by atoms with Crippen molar-refractivity contribution in [2.75, 3.05) is 4.90 Å². The van der Waals surface area contributed by atoms with Crippen molar-refractivity contribution >= 4 is 61.5 Å². The number of para-hydroxylation sites is 2. The molecule has 2 heterocycles. The Morgan fingerprint density at radius 1 is 0.516 bits per heavy atom. The van der Waals surface area contributed by atoms with E-state index in [0.717, 1.165) is 61.3 Å². The first-order chi connectivity index (χ1) is 31.6. The number of benzene rings is 6. The molecule has 0 aliphatic heterocycles. The third-order valence-corrected chi connectivity index (χ3v) is 13.8. The highest BCUT2D eigenvalue weighted by atomic mass is 15.1. The minimum Gasteiger partial charge on any atom is -0.313 e. The Labute approximate surface area is 376 Å². The molecule has 2 unspecified atom stereocenters. The summed E-state index contributed by atoms with van der Waals surface area (Å²) in [5, 5.41) is 3.83. The van der Waals surface area contributed by atoms with Crippen molar-refractivity contribution in [2.24, 2.45) is 5.92 Å². The highest BCUT2D eigenvalue weighted by molar-refractivity contribution is 6.10. The largest absolute Gasteiger partial charge is 0.313 e. The second kappa shape index (κ2) is 16.1. The van der Waals surface area contributed by atoms with Crippen LogP contribution >= 0.6 is 0 Å². The van der Waals surface area contributed by atoms with Crippen molar-refractivity contribution in [3.63, 3.8) is 0 Å². The number of allylic oxidation sites excluding steroid dienone is 13. The van der Waals surface area contributed by atoms with Gasteiger partial charge in [-0.15, -0.1) is 0 Å². The molecule has 12 rings (SSSR count). The van der Waals surface area contributed by atoms with Crippen LogP contribution in [0.2, 0.25) is 0 Å². The summed E-state index contributed by atoms with van der Waals surface area (Å²) in [6.07, 6.45) is 32.4. The van der Waals surface area contributed by atoms with Crippen molar-refractivity contribution in [2.45, 2.75) is 51.4 Å². The van der Waals surface area contributed by atoms with E-state index in [9.17, 15) is 0 Å². The van der Waals surface area contributed by atoms with Crippen LogP contribution in [0.4, 0.5) is 17.1 Å². The molecule has 310 valence electrons. The number of anilines is 3. The van der Waals surface area contributed by atoms with E-state index >= 15 is 0 Å². The molecule has 0 saturated heterocycles. The summed E-state index contributed by atoms with van der Waals surface area (Å²) in [7, 11) is 0. The zero-order valence-electron chi connectivity index (χ0n) is 36.4. The van der Waals surface area contributed by atoms with Gasteiger partial charge in [-0.2, -0.15) is 0 Å². The molecule has 0 spiro atoms. The van der Waals surface area contributed by atoms with Crippen molar-refractivity contribution in [1.82, 2.24) is 9.13 Å². The van der Waals surface area contributed by atoms with Crippen LogP contribution in [0.15, 0.2) is 211 Å². The summed E-state index contributed by atoms with van der Waals surface area (Å²) in [5.41, 5.74) is 18.8. The fourth-order valence-electron chi connectivity index (χ4n) is 10.6. The van der Waals surface area contributed by atoms with E-state index in [1.807, 2.05) is 0 Å². The number of hydrogen-bond donors (Lipinski definition) is 0. The monoisotopic (exact) mass is 825 g/mol. The van der Waals surface area contributed by atoms with E-state index in [1.54, 1.807) is 0 Å². The molecule has 0 bridgehead atoms. The minimum absolute atomic E-state index is 0.353. The van der Waals surface area contributed by atoms with Gasteiger partial charge in [0.2, 0.25) is 0 Å². The first kappa shape index (κ1) is 38.3. The molecule has 3 nitrogen and oxygen atoms in total. The molecule has 0 radical (unpaired) electrons. The maximum absolute atomic E-state index is 2.52. The summed E-state index contributed by atoms with van der Waals surface area (Å²) in [4.78, 5) is 2.42. The first-order valence-electron chi connectivity index (χ1n) is 23.2. The van der Waals surface area contributed by atoms with Gasteiger partial charge < -0.3 is 14.0 Å². The van der Waals surface area contributed by atoms with E-state index < -0.39 is 0 Å². The molecule has 4 aliphatic carbocycles. The fourth-order valence-corrected chi connectivity index (χ4v) is 10.6. The summed E-state index contributed by atoms with van der Waals surface area (Å²) in [6.45, 7) is 2.32. The number of fused-ring (bicyclic) bond motifs is 6. The average Bonchev–Trinajstić information content (AvgIpc) is 3.87. The molecule has 0 fully saturated rings. The van der Waals surface area contributed by atoms with Crippen molar-refractivity contribution in [3.8, 4) is 16.8 Å². The maximum atomic E-state index is 2.52. The van der Waals surface area contributed by atoms with Gasteiger partial charge in [0.15, 0.2) is 0 Å². The molecule has 4 aliphatic rings. The second-order valence-electron chi connectivity index (χ2n) is 17.9. The Balaban J connectivity index is 0.938. The van der Waals surface area contributed by atoms with Crippen LogP contribution in [0.25, 0.3) is 61.3 Å². The van der Waals surface area contributed by atoms with Crippen LogP contribution in [0.1, 0.15) is 61.8 Å². The molecule has 0 N–H and O–H groups in total. The zero-order chi connectivity index (χ0) is 42.6. The third kappa shape index (κ3) is 6.75. The fraction of sp³-hybridized carbons (Fsp3) is 0.148. The van der Waals surface area contributed by atoms with Crippen LogP contribution in [-0.4, -0.2) is 9.13 Å². The highest BCUT2D eigenvalue weighted by Crippen LogP contribution is 2.42. The Bertz CT molecular complexity index is 3320. The molecule has 8 aromatic rings. The van der Waals surface area contributed by atoms with Crippen molar-refractivity contribution < 1.29 is 0 Å². The first-order valence-corrected chi connectivity index (χ1v) is 23.2. The van der Waals surface area contributed by atoms with Gasteiger partial charge in [-0.25, -0.2) is 0 Å². The molecule has 2 atom stereocenters. The Kier molecular flexibility index (Phi) is 9.63. The maximum Gasteiger partial charge on any atom is 0.0561 e. The Morgan fingerprint density at radius 2 is 1.25 bits per heavy atom. The van der Waals surface area contributed by atoms with Gasteiger partial charge >= 0.3 is 0 Å². The van der Waals surface area contributed by atoms with Gasteiger partial charge in [0.05, 0.1) is 16.6 Å². The smallest absolute Gasteiger partial charge is 0.0561 e. The number of nitrogens with zero attached hydrogens (tertiary/aromatic N) is 3. The van der Waals surface area contributed by atoms with Gasteiger partial charge in [0.25, 0.3) is 0 Å². The normalized spacial score (nSPS) is 18.0. The van der Waals surface area contributed by atoms with Crippen molar-refractivity contribution in [3.05, 3.63) is 228 Å². The van der Waals surface area contributed by atoms with Crippen LogP contribution < -0.4 is 4.90 Å². The lowest BCUT2D eigenvalue weighted by Crippen LogP contribution is -2.10. The Morgan fingerprint density at radius 3 is 2.05 bits per heavy atom. The summed E-state index contributed by atoms with van der Waals surface area (Å²) in [5.74, 6) is 0.895. The second-order valence-corrected chi connectivity index (χ2v) is 17.9. The molecule has 64 heavy (non-hydrogen) atoms. The van der Waals surface area contributed by atoms with Crippen LogP contribution in [0.5, 0.6) is 0 Å². The molecular formula is C61H51N3. The lowest BCUT2D eigenvalue weighted by Gasteiger charge is -2.27.